The van der Waals surface area contributed by atoms with Crippen molar-refractivity contribution in [1.82, 2.24) is 4.98 Å². The molecule has 3 rings (SSSR count). The zero-order valence-corrected chi connectivity index (χ0v) is 13.1. The summed E-state index contributed by atoms with van der Waals surface area (Å²) >= 11 is 6.63. The highest BCUT2D eigenvalue weighted by molar-refractivity contribution is 6.21. The van der Waals surface area contributed by atoms with Gasteiger partial charge in [-0.2, -0.15) is 0 Å². The minimum absolute atomic E-state index is 0.0430. The van der Waals surface area contributed by atoms with Gasteiger partial charge in [0.1, 0.15) is 0 Å². The number of benzene rings is 2. The smallest absolute Gasteiger partial charge is 0.0705 e. The molecule has 1 aromatic heterocycles. The number of halogens is 1. The van der Waals surface area contributed by atoms with E-state index in [1.165, 1.54) is 22.1 Å². The van der Waals surface area contributed by atoms with Crippen LogP contribution < -0.4 is 0 Å². The van der Waals surface area contributed by atoms with Gasteiger partial charge in [0.15, 0.2) is 0 Å². The molecule has 0 amide bonds. The molecule has 0 aliphatic carbocycles. The molecule has 0 aliphatic heterocycles. The summed E-state index contributed by atoms with van der Waals surface area (Å²) < 4.78 is 0. The Labute approximate surface area is 130 Å². The molecule has 0 fully saturated rings. The Morgan fingerprint density at radius 1 is 1.00 bits per heavy atom. The van der Waals surface area contributed by atoms with Gasteiger partial charge in [-0.1, -0.05) is 48.0 Å². The normalized spacial score (nSPS) is 12.5. The summed E-state index contributed by atoms with van der Waals surface area (Å²) in [5.74, 6) is 0. The van der Waals surface area contributed by atoms with E-state index in [1.54, 1.807) is 0 Å². The molecule has 0 N–H and O–H groups in total. The summed E-state index contributed by atoms with van der Waals surface area (Å²) in [5, 5.41) is 1.12. The Bertz CT molecular complexity index is 779. The fraction of sp³-hybridized carbons (Fsp3) is 0.211. The first-order valence-corrected chi connectivity index (χ1v) is 7.63. The maximum atomic E-state index is 6.63. The zero-order valence-electron chi connectivity index (χ0n) is 12.3. The van der Waals surface area contributed by atoms with Crippen molar-refractivity contribution in [2.24, 2.45) is 0 Å². The second-order valence-electron chi connectivity index (χ2n) is 5.53. The molecule has 1 nitrogen and oxygen atoms in total. The van der Waals surface area contributed by atoms with E-state index in [4.69, 9.17) is 16.6 Å². The second kappa shape index (κ2) is 5.87. The highest BCUT2D eigenvalue weighted by Crippen LogP contribution is 2.28. The van der Waals surface area contributed by atoms with Gasteiger partial charge in [-0.05, 0) is 37.1 Å². The molecular weight excluding hydrogens is 278 g/mol. The van der Waals surface area contributed by atoms with Gasteiger partial charge in [0.2, 0.25) is 0 Å². The van der Waals surface area contributed by atoms with Gasteiger partial charge >= 0.3 is 0 Å². The maximum absolute atomic E-state index is 6.63. The van der Waals surface area contributed by atoms with Crippen LogP contribution in [-0.4, -0.2) is 4.98 Å². The van der Waals surface area contributed by atoms with E-state index in [2.05, 4.69) is 50.2 Å². The largest absolute Gasteiger partial charge is 0.253 e. The van der Waals surface area contributed by atoms with E-state index in [0.717, 1.165) is 17.6 Å². The Hall–Kier alpha value is -1.86. The van der Waals surface area contributed by atoms with Crippen LogP contribution in [0.25, 0.3) is 10.9 Å². The Morgan fingerprint density at radius 2 is 1.81 bits per heavy atom. The van der Waals surface area contributed by atoms with Gasteiger partial charge < -0.3 is 0 Å². The second-order valence-corrected chi connectivity index (χ2v) is 6.05. The van der Waals surface area contributed by atoms with E-state index >= 15 is 0 Å². The molecule has 2 heteroatoms. The molecule has 0 spiro atoms. The first-order valence-electron chi connectivity index (χ1n) is 7.19. The fourth-order valence-corrected chi connectivity index (χ4v) is 3.01. The van der Waals surface area contributed by atoms with Gasteiger partial charge in [0.05, 0.1) is 10.9 Å². The van der Waals surface area contributed by atoms with Gasteiger partial charge in [-0.25, -0.2) is 0 Å². The summed E-state index contributed by atoms with van der Waals surface area (Å²) in [5.41, 5.74) is 5.75. The van der Waals surface area contributed by atoms with Crippen molar-refractivity contribution in [3.05, 3.63) is 77.0 Å². The number of aromatic nitrogens is 1. The lowest BCUT2D eigenvalue weighted by Crippen LogP contribution is -2.01. The molecule has 0 bridgehead atoms. The maximum Gasteiger partial charge on any atom is 0.0705 e. The Balaban J connectivity index is 1.88. The molecule has 1 unspecified atom stereocenters. The third-order valence-corrected chi connectivity index (χ3v) is 4.21. The molecule has 0 radical (unpaired) electrons. The van der Waals surface area contributed by atoms with E-state index in [-0.39, 0.29) is 5.38 Å². The number of fused-ring (bicyclic) bond motifs is 1. The van der Waals surface area contributed by atoms with E-state index in [0.29, 0.717) is 0 Å². The molecule has 0 aliphatic rings. The lowest BCUT2D eigenvalue weighted by atomic mass is 9.99. The fourth-order valence-electron chi connectivity index (χ4n) is 2.61. The summed E-state index contributed by atoms with van der Waals surface area (Å²) in [6.45, 7) is 4.21. The summed E-state index contributed by atoms with van der Waals surface area (Å²) in [7, 11) is 0. The van der Waals surface area contributed by atoms with Crippen molar-refractivity contribution in [2.45, 2.75) is 25.6 Å². The Kier molecular flexibility index (Phi) is 3.94. The average molecular weight is 296 g/mol. The van der Waals surface area contributed by atoms with Crippen LogP contribution in [0.4, 0.5) is 0 Å². The minimum atomic E-state index is -0.0430. The van der Waals surface area contributed by atoms with E-state index in [9.17, 15) is 0 Å². The number of hydrogen-bond donors (Lipinski definition) is 0. The van der Waals surface area contributed by atoms with Crippen molar-refractivity contribution < 1.29 is 0 Å². The topological polar surface area (TPSA) is 12.9 Å². The van der Waals surface area contributed by atoms with E-state index in [1.807, 2.05) is 18.2 Å². The number of para-hydroxylation sites is 1. The SMILES string of the molecule is Cc1ccc(C)c(C(Cl)Cc2ccc3ccccc3n2)c1. The standard InChI is InChI=1S/C19H18ClN/c1-13-7-8-14(2)17(11-13)18(20)12-16-10-9-15-5-3-4-6-19(15)21-16/h3-11,18H,12H2,1-2H3. The molecule has 1 atom stereocenters. The van der Waals surface area contributed by atoms with Crippen LogP contribution in [-0.2, 0) is 6.42 Å². The number of alkyl halides is 1. The minimum Gasteiger partial charge on any atom is -0.253 e. The van der Waals surface area contributed by atoms with Crippen molar-refractivity contribution in [1.29, 1.82) is 0 Å². The number of pyridine rings is 1. The first kappa shape index (κ1) is 14.1. The van der Waals surface area contributed by atoms with Crippen molar-refractivity contribution in [3.8, 4) is 0 Å². The van der Waals surface area contributed by atoms with Gasteiger partial charge in [-0.3, -0.25) is 4.98 Å². The number of nitrogens with zero attached hydrogens (tertiary/aromatic N) is 1. The predicted octanol–water partition coefficient (Wildman–Crippen LogP) is 5.37. The van der Waals surface area contributed by atoms with Gasteiger partial charge in [0, 0.05) is 17.5 Å². The number of rotatable bonds is 3. The van der Waals surface area contributed by atoms with Gasteiger partial charge in [0.25, 0.3) is 0 Å². The molecule has 0 saturated carbocycles. The van der Waals surface area contributed by atoms with Crippen LogP contribution >= 0.6 is 11.6 Å². The van der Waals surface area contributed by atoms with Crippen molar-refractivity contribution in [3.63, 3.8) is 0 Å². The molecule has 1 heterocycles. The highest BCUT2D eigenvalue weighted by Gasteiger charge is 2.13. The van der Waals surface area contributed by atoms with Crippen LogP contribution in [0.1, 0.15) is 27.8 Å². The quantitative estimate of drug-likeness (QED) is 0.592. The molecule has 3 aromatic rings. The zero-order chi connectivity index (χ0) is 14.8. The van der Waals surface area contributed by atoms with Crippen LogP contribution in [0.5, 0.6) is 0 Å². The lowest BCUT2D eigenvalue weighted by Gasteiger charge is -2.13. The predicted molar refractivity (Wildman–Crippen MR) is 90.0 cm³/mol. The van der Waals surface area contributed by atoms with Crippen LogP contribution in [0, 0.1) is 13.8 Å². The molecule has 0 saturated heterocycles. The molecule has 21 heavy (non-hydrogen) atoms. The molecule has 2 aromatic carbocycles. The third kappa shape index (κ3) is 3.08. The summed E-state index contributed by atoms with van der Waals surface area (Å²) in [4.78, 5) is 4.71. The summed E-state index contributed by atoms with van der Waals surface area (Å²) in [6, 6.07) is 18.8. The number of aryl methyl sites for hydroxylation is 2. The highest BCUT2D eigenvalue weighted by atomic mass is 35.5. The Morgan fingerprint density at radius 3 is 2.67 bits per heavy atom. The van der Waals surface area contributed by atoms with Crippen molar-refractivity contribution >= 4 is 22.5 Å². The van der Waals surface area contributed by atoms with Crippen LogP contribution in [0.2, 0.25) is 0 Å². The average Bonchev–Trinajstić information content (AvgIpc) is 2.49. The van der Waals surface area contributed by atoms with Crippen LogP contribution in [0.3, 0.4) is 0 Å². The third-order valence-electron chi connectivity index (χ3n) is 3.82. The number of hydrogen-bond acceptors (Lipinski definition) is 1. The molecular formula is C19H18ClN. The molecule has 106 valence electrons. The first-order chi connectivity index (χ1) is 10.1. The van der Waals surface area contributed by atoms with Crippen LogP contribution in [0.15, 0.2) is 54.6 Å². The summed E-state index contributed by atoms with van der Waals surface area (Å²) in [6.07, 6.45) is 0.747. The monoisotopic (exact) mass is 295 g/mol. The van der Waals surface area contributed by atoms with Crippen molar-refractivity contribution in [2.75, 3.05) is 0 Å². The van der Waals surface area contributed by atoms with Gasteiger partial charge in [-0.15, -0.1) is 11.6 Å². The lowest BCUT2D eigenvalue weighted by molar-refractivity contribution is 0.879. The van der Waals surface area contributed by atoms with E-state index < -0.39 is 0 Å².